The summed E-state index contributed by atoms with van der Waals surface area (Å²) < 4.78 is 0. The van der Waals surface area contributed by atoms with Gasteiger partial charge < -0.3 is 4.98 Å². The van der Waals surface area contributed by atoms with Crippen LogP contribution in [0, 0.1) is 0 Å². The van der Waals surface area contributed by atoms with Gasteiger partial charge in [0.05, 0.1) is 5.39 Å². The lowest BCUT2D eigenvalue weighted by Crippen LogP contribution is -2.10. The van der Waals surface area contributed by atoms with Crippen molar-refractivity contribution in [2.24, 2.45) is 0 Å². The SMILES string of the molecule is O=c1[nH]c(SCc2cccc(Cl)c2)nc2sc3c(c12)CCCC3. The molecular formula is C17H15ClN2OS2. The average Bonchev–Trinajstić information content (AvgIpc) is 2.92. The van der Waals surface area contributed by atoms with E-state index in [0.29, 0.717) is 5.16 Å². The zero-order valence-electron chi connectivity index (χ0n) is 12.4. The molecule has 1 N–H and O–H groups in total. The molecule has 1 aliphatic rings. The standard InChI is InChI=1S/C17H15ClN2OS2/c18-11-5-3-4-10(8-11)9-22-17-19-15(21)14-12-6-1-2-7-13(12)23-16(14)20-17/h3-5,8H,1-2,6-7,9H2,(H,19,20,21). The highest BCUT2D eigenvalue weighted by molar-refractivity contribution is 7.98. The molecule has 1 aliphatic carbocycles. The molecule has 2 aromatic heterocycles. The molecule has 0 saturated carbocycles. The van der Waals surface area contributed by atoms with Gasteiger partial charge in [0.25, 0.3) is 5.56 Å². The summed E-state index contributed by atoms with van der Waals surface area (Å²) in [6, 6.07) is 7.76. The van der Waals surface area contributed by atoms with Crippen molar-refractivity contribution in [2.45, 2.75) is 36.6 Å². The van der Waals surface area contributed by atoms with Crippen molar-refractivity contribution in [2.75, 3.05) is 0 Å². The predicted octanol–water partition coefficient (Wildman–Crippen LogP) is 4.81. The van der Waals surface area contributed by atoms with E-state index >= 15 is 0 Å². The molecule has 6 heteroatoms. The molecule has 23 heavy (non-hydrogen) atoms. The normalized spacial score (nSPS) is 14.1. The first kappa shape index (κ1) is 15.2. The number of benzene rings is 1. The Balaban J connectivity index is 1.65. The quantitative estimate of drug-likeness (QED) is 0.537. The van der Waals surface area contributed by atoms with Crippen LogP contribution in [0.3, 0.4) is 0 Å². The van der Waals surface area contributed by atoms with Crippen LogP contribution in [0.15, 0.2) is 34.2 Å². The zero-order chi connectivity index (χ0) is 15.8. The Morgan fingerprint density at radius 1 is 1.30 bits per heavy atom. The van der Waals surface area contributed by atoms with Gasteiger partial charge in [0.2, 0.25) is 0 Å². The van der Waals surface area contributed by atoms with Crippen LogP contribution in [0.2, 0.25) is 5.02 Å². The third kappa shape index (κ3) is 3.05. The molecule has 118 valence electrons. The maximum Gasteiger partial charge on any atom is 0.260 e. The van der Waals surface area contributed by atoms with E-state index in [1.165, 1.54) is 35.0 Å². The lowest BCUT2D eigenvalue weighted by atomic mass is 9.97. The summed E-state index contributed by atoms with van der Waals surface area (Å²) in [5.41, 5.74) is 2.36. The minimum atomic E-state index is 0.00277. The van der Waals surface area contributed by atoms with Crippen LogP contribution >= 0.6 is 34.7 Å². The summed E-state index contributed by atoms with van der Waals surface area (Å²) >= 11 is 9.23. The zero-order valence-corrected chi connectivity index (χ0v) is 14.8. The highest BCUT2D eigenvalue weighted by Gasteiger charge is 2.19. The number of H-pyrrole nitrogens is 1. The van der Waals surface area contributed by atoms with Crippen molar-refractivity contribution in [3.05, 3.63) is 55.6 Å². The number of nitrogens with one attached hydrogen (secondary N) is 1. The topological polar surface area (TPSA) is 45.8 Å². The molecule has 0 aliphatic heterocycles. The third-order valence-electron chi connectivity index (χ3n) is 4.07. The number of thiophene rings is 1. The van der Waals surface area contributed by atoms with E-state index in [1.807, 2.05) is 24.3 Å². The fourth-order valence-electron chi connectivity index (χ4n) is 2.99. The largest absolute Gasteiger partial charge is 0.301 e. The van der Waals surface area contributed by atoms with Crippen LogP contribution in [0.1, 0.15) is 28.8 Å². The second-order valence-electron chi connectivity index (χ2n) is 5.68. The van der Waals surface area contributed by atoms with Crippen LogP contribution in [-0.4, -0.2) is 9.97 Å². The number of aromatic nitrogens is 2. The Morgan fingerprint density at radius 3 is 3.04 bits per heavy atom. The Kier molecular flexibility index (Phi) is 4.18. The maximum absolute atomic E-state index is 12.5. The minimum absolute atomic E-state index is 0.00277. The molecule has 0 spiro atoms. The molecule has 0 atom stereocenters. The lowest BCUT2D eigenvalue weighted by Gasteiger charge is -2.09. The third-order valence-corrected chi connectivity index (χ3v) is 6.43. The molecule has 0 bridgehead atoms. The number of rotatable bonds is 3. The molecule has 3 nitrogen and oxygen atoms in total. The van der Waals surface area contributed by atoms with Gasteiger partial charge in [-0.15, -0.1) is 11.3 Å². The lowest BCUT2D eigenvalue weighted by molar-refractivity contribution is 0.700. The van der Waals surface area contributed by atoms with Gasteiger partial charge in [-0.3, -0.25) is 4.79 Å². The molecule has 4 rings (SSSR count). The highest BCUT2D eigenvalue weighted by atomic mass is 35.5. The van der Waals surface area contributed by atoms with E-state index in [1.54, 1.807) is 11.3 Å². The maximum atomic E-state index is 12.5. The highest BCUT2D eigenvalue weighted by Crippen LogP contribution is 2.34. The molecule has 0 saturated heterocycles. The van der Waals surface area contributed by atoms with Crippen molar-refractivity contribution >= 4 is 44.9 Å². The summed E-state index contributed by atoms with van der Waals surface area (Å²) in [6.07, 6.45) is 4.48. The van der Waals surface area contributed by atoms with E-state index in [4.69, 9.17) is 11.6 Å². The Hall–Kier alpha value is -1.30. The molecule has 1 aromatic carbocycles. The number of aromatic amines is 1. The number of fused-ring (bicyclic) bond motifs is 3. The Labute approximate surface area is 147 Å². The van der Waals surface area contributed by atoms with Crippen molar-refractivity contribution in [3.63, 3.8) is 0 Å². The summed E-state index contributed by atoms with van der Waals surface area (Å²) in [5.74, 6) is 0.736. The molecule has 0 radical (unpaired) electrons. The van der Waals surface area contributed by atoms with Crippen molar-refractivity contribution < 1.29 is 0 Å². The van der Waals surface area contributed by atoms with Gasteiger partial charge in [-0.2, -0.15) is 0 Å². The number of hydrogen-bond acceptors (Lipinski definition) is 4. The van der Waals surface area contributed by atoms with Crippen molar-refractivity contribution in [1.29, 1.82) is 0 Å². The fourth-order valence-corrected chi connectivity index (χ4v) is 5.33. The average molecular weight is 363 g/mol. The van der Waals surface area contributed by atoms with E-state index in [2.05, 4.69) is 9.97 Å². The van der Waals surface area contributed by atoms with Crippen molar-refractivity contribution in [1.82, 2.24) is 9.97 Å². The van der Waals surface area contributed by atoms with E-state index in [-0.39, 0.29) is 5.56 Å². The monoisotopic (exact) mass is 362 g/mol. The van der Waals surface area contributed by atoms with E-state index in [9.17, 15) is 4.79 Å². The first-order valence-corrected chi connectivity index (χ1v) is 9.80. The van der Waals surface area contributed by atoms with Gasteiger partial charge in [0.15, 0.2) is 5.16 Å². The van der Waals surface area contributed by atoms with Crippen LogP contribution in [0.25, 0.3) is 10.2 Å². The smallest absolute Gasteiger partial charge is 0.260 e. The first-order valence-electron chi connectivity index (χ1n) is 7.62. The molecular weight excluding hydrogens is 348 g/mol. The predicted molar refractivity (Wildman–Crippen MR) is 97.9 cm³/mol. The van der Waals surface area contributed by atoms with Gasteiger partial charge in [-0.05, 0) is 48.9 Å². The van der Waals surface area contributed by atoms with Gasteiger partial charge in [-0.1, -0.05) is 35.5 Å². The fraction of sp³-hybridized carbons (Fsp3) is 0.294. The first-order chi connectivity index (χ1) is 11.2. The number of aryl methyl sites for hydroxylation is 2. The van der Waals surface area contributed by atoms with Crippen LogP contribution in [0.5, 0.6) is 0 Å². The summed E-state index contributed by atoms with van der Waals surface area (Å²) in [7, 11) is 0. The van der Waals surface area contributed by atoms with E-state index < -0.39 is 0 Å². The number of thioether (sulfide) groups is 1. The van der Waals surface area contributed by atoms with Gasteiger partial charge >= 0.3 is 0 Å². The number of hydrogen-bond donors (Lipinski definition) is 1. The van der Waals surface area contributed by atoms with Crippen molar-refractivity contribution in [3.8, 4) is 0 Å². The molecule has 0 amide bonds. The number of halogens is 1. The number of nitrogens with zero attached hydrogens (tertiary/aromatic N) is 1. The molecule has 0 fully saturated rings. The summed E-state index contributed by atoms with van der Waals surface area (Å²) in [5, 5.41) is 2.23. The second kappa shape index (κ2) is 6.30. The van der Waals surface area contributed by atoms with Crippen LogP contribution in [0.4, 0.5) is 0 Å². The summed E-state index contributed by atoms with van der Waals surface area (Å²) in [4.78, 5) is 22.3. The molecule has 0 unspecified atom stereocenters. The van der Waals surface area contributed by atoms with Crippen LogP contribution in [-0.2, 0) is 18.6 Å². The summed E-state index contributed by atoms with van der Waals surface area (Å²) in [6.45, 7) is 0. The van der Waals surface area contributed by atoms with Gasteiger partial charge in [-0.25, -0.2) is 4.98 Å². The molecule has 2 heterocycles. The molecule has 3 aromatic rings. The minimum Gasteiger partial charge on any atom is -0.301 e. The Bertz CT molecular complexity index is 932. The van der Waals surface area contributed by atoms with Gasteiger partial charge in [0, 0.05) is 15.7 Å². The van der Waals surface area contributed by atoms with Gasteiger partial charge in [0.1, 0.15) is 4.83 Å². The van der Waals surface area contributed by atoms with E-state index in [0.717, 1.165) is 39.4 Å². The second-order valence-corrected chi connectivity index (χ2v) is 8.16. The Morgan fingerprint density at radius 2 is 2.17 bits per heavy atom. The van der Waals surface area contributed by atoms with Crippen LogP contribution < -0.4 is 5.56 Å².